The van der Waals surface area contributed by atoms with Gasteiger partial charge in [-0.05, 0) is 31.7 Å². The molecule has 1 unspecified atom stereocenters. The number of hydrogen-bond donors (Lipinski definition) is 1. The molecule has 0 saturated carbocycles. The van der Waals surface area contributed by atoms with Crippen LogP contribution >= 0.6 is 0 Å². The Hall–Kier alpha value is -3.21. The van der Waals surface area contributed by atoms with Crippen LogP contribution in [-0.2, 0) is 6.42 Å². The van der Waals surface area contributed by atoms with Crippen LogP contribution in [0.2, 0.25) is 0 Å². The summed E-state index contributed by atoms with van der Waals surface area (Å²) in [5.41, 5.74) is 3.07. The van der Waals surface area contributed by atoms with Crippen LogP contribution in [0.3, 0.4) is 0 Å². The molecule has 4 aromatic rings. The number of nitrogens with one attached hydrogen (secondary N) is 1. The van der Waals surface area contributed by atoms with Crippen molar-refractivity contribution < 1.29 is 0 Å². The van der Waals surface area contributed by atoms with Gasteiger partial charge in [-0.2, -0.15) is 0 Å². The Bertz CT molecular complexity index is 1080. The molecule has 2 heterocycles. The Balaban J connectivity index is 1.58. The first-order chi connectivity index (χ1) is 13.2. The molecule has 136 valence electrons. The standard InChI is InChI=1S/C22H22N4O/c1-16(9-8-12-17-10-4-2-5-11-17)26-15-23-19-21(26)24-20(25-22(19)27)18-13-6-3-7-14-18/h2-7,10-11,13-16H,8-9,12H2,1H3,(H,24,25,27). The molecule has 1 atom stereocenters. The molecule has 0 saturated heterocycles. The topological polar surface area (TPSA) is 63.6 Å². The number of fused-ring (bicyclic) bond motifs is 1. The highest BCUT2D eigenvalue weighted by Crippen LogP contribution is 2.21. The van der Waals surface area contributed by atoms with Gasteiger partial charge in [0.1, 0.15) is 5.82 Å². The largest absolute Gasteiger partial charge is 0.312 e. The monoisotopic (exact) mass is 358 g/mol. The van der Waals surface area contributed by atoms with Crippen molar-refractivity contribution in [3.63, 3.8) is 0 Å². The maximum atomic E-state index is 12.4. The number of H-pyrrole nitrogens is 1. The Morgan fingerprint density at radius 3 is 2.48 bits per heavy atom. The van der Waals surface area contributed by atoms with Gasteiger partial charge in [0.15, 0.2) is 11.2 Å². The second kappa shape index (κ2) is 7.58. The van der Waals surface area contributed by atoms with E-state index in [0.29, 0.717) is 17.0 Å². The molecule has 0 aliphatic rings. The Kier molecular flexibility index (Phi) is 4.83. The molecular weight excluding hydrogens is 336 g/mol. The lowest BCUT2D eigenvalue weighted by molar-refractivity contribution is 0.497. The molecule has 0 bridgehead atoms. The minimum Gasteiger partial charge on any atom is -0.312 e. The first-order valence-corrected chi connectivity index (χ1v) is 9.28. The summed E-state index contributed by atoms with van der Waals surface area (Å²) in [4.78, 5) is 24.3. The van der Waals surface area contributed by atoms with E-state index in [9.17, 15) is 4.79 Å². The van der Waals surface area contributed by atoms with Crippen LogP contribution in [0.5, 0.6) is 0 Å². The molecule has 0 aliphatic carbocycles. The lowest BCUT2D eigenvalue weighted by atomic mass is 10.1. The predicted molar refractivity (Wildman–Crippen MR) is 108 cm³/mol. The Labute approximate surface area is 157 Å². The third kappa shape index (κ3) is 3.67. The second-order valence-electron chi connectivity index (χ2n) is 6.83. The maximum absolute atomic E-state index is 12.4. The van der Waals surface area contributed by atoms with Gasteiger partial charge in [-0.1, -0.05) is 60.7 Å². The number of imidazole rings is 1. The highest BCUT2D eigenvalue weighted by Gasteiger charge is 2.15. The molecule has 27 heavy (non-hydrogen) atoms. The molecule has 0 amide bonds. The predicted octanol–water partition coefficient (Wildman–Crippen LogP) is 4.37. The van der Waals surface area contributed by atoms with E-state index in [4.69, 9.17) is 4.98 Å². The van der Waals surface area contributed by atoms with E-state index in [2.05, 4.69) is 41.2 Å². The van der Waals surface area contributed by atoms with Crippen molar-refractivity contribution >= 4 is 11.2 Å². The molecule has 2 aromatic heterocycles. The molecule has 0 spiro atoms. The summed E-state index contributed by atoms with van der Waals surface area (Å²) < 4.78 is 2.02. The third-order valence-corrected chi connectivity index (χ3v) is 4.88. The third-order valence-electron chi connectivity index (χ3n) is 4.88. The van der Waals surface area contributed by atoms with Gasteiger partial charge in [0.2, 0.25) is 0 Å². The van der Waals surface area contributed by atoms with Gasteiger partial charge in [0.05, 0.1) is 6.33 Å². The number of aromatic nitrogens is 4. The van der Waals surface area contributed by atoms with Gasteiger partial charge < -0.3 is 9.55 Å². The van der Waals surface area contributed by atoms with Crippen LogP contribution in [0, 0.1) is 0 Å². The number of hydrogen-bond acceptors (Lipinski definition) is 3. The summed E-state index contributed by atoms with van der Waals surface area (Å²) in [5.74, 6) is 0.575. The fourth-order valence-corrected chi connectivity index (χ4v) is 3.37. The van der Waals surface area contributed by atoms with Crippen LogP contribution in [-0.4, -0.2) is 19.5 Å². The van der Waals surface area contributed by atoms with Crippen molar-refractivity contribution in [1.82, 2.24) is 19.5 Å². The number of nitrogens with zero attached hydrogens (tertiary/aromatic N) is 3. The van der Waals surface area contributed by atoms with Crippen molar-refractivity contribution in [1.29, 1.82) is 0 Å². The fraction of sp³-hybridized carbons (Fsp3) is 0.227. The van der Waals surface area contributed by atoms with Crippen LogP contribution < -0.4 is 5.56 Å². The van der Waals surface area contributed by atoms with Crippen LogP contribution in [0.1, 0.15) is 31.4 Å². The summed E-state index contributed by atoms with van der Waals surface area (Å²) >= 11 is 0. The zero-order valence-electron chi connectivity index (χ0n) is 15.3. The van der Waals surface area contributed by atoms with E-state index >= 15 is 0 Å². The summed E-state index contributed by atoms with van der Waals surface area (Å²) in [5, 5.41) is 0. The summed E-state index contributed by atoms with van der Waals surface area (Å²) in [7, 11) is 0. The highest BCUT2D eigenvalue weighted by atomic mass is 16.1. The van der Waals surface area contributed by atoms with Gasteiger partial charge in [0.25, 0.3) is 5.56 Å². The van der Waals surface area contributed by atoms with Gasteiger partial charge in [0, 0.05) is 11.6 Å². The molecule has 5 heteroatoms. The van der Waals surface area contributed by atoms with Crippen molar-refractivity contribution in [3.05, 3.63) is 82.9 Å². The minimum absolute atomic E-state index is 0.200. The summed E-state index contributed by atoms with van der Waals surface area (Å²) in [6, 6.07) is 20.4. The molecule has 4 rings (SSSR count). The van der Waals surface area contributed by atoms with E-state index < -0.39 is 0 Å². The van der Waals surface area contributed by atoms with E-state index in [1.165, 1.54) is 5.56 Å². The van der Waals surface area contributed by atoms with Crippen molar-refractivity contribution in [2.24, 2.45) is 0 Å². The molecule has 0 fully saturated rings. The number of aryl methyl sites for hydroxylation is 1. The average molecular weight is 358 g/mol. The van der Waals surface area contributed by atoms with E-state index in [-0.39, 0.29) is 11.6 Å². The summed E-state index contributed by atoms with van der Waals surface area (Å²) in [6.07, 6.45) is 4.84. The highest BCUT2D eigenvalue weighted by molar-refractivity contribution is 5.72. The first kappa shape index (κ1) is 17.2. The average Bonchev–Trinajstić information content (AvgIpc) is 3.14. The van der Waals surface area contributed by atoms with Gasteiger partial charge >= 0.3 is 0 Å². The quantitative estimate of drug-likeness (QED) is 0.557. The first-order valence-electron chi connectivity index (χ1n) is 9.28. The van der Waals surface area contributed by atoms with E-state index in [0.717, 1.165) is 24.8 Å². The van der Waals surface area contributed by atoms with Crippen molar-refractivity contribution in [2.75, 3.05) is 0 Å². The number of aromatic amines is 1. The normalized spacial score (nSPS) is 12.3. The van der Waals surface area contributed by atoms with Crippen LogP contribution in [0.4, 0.5) is 0 Å². The number of benzene rings is 2. The van der Waals surface area contributed by atoms with Crippen LogP contribution in [0.15, 0.2) is 71.8 Å². The number of rotatable bonds is 6. The van der Waals surface area contributed by atoms with E-state index in [1.807, 2.05) is 41.0 Å². The second-order valence-corrected chi connectivity index (χ2v) is 6.83. The van der Waals surface area contributed by atoms with Crippen molar-refractivity contribution in [3.8, 4) is 11.4 Å². The fourth-order valence-electron chi connectivity index (χ4n) is 3.37. The lowest BCUT2D eigenvalue weighted by Crippen LogP contribution is -2.12. The van der Waals surface area contributed by atoms with Gasteiger partial charge in [-0.15, -0.1) is 0 Å². The SMILES string of the molecule is CC(CCCc1ccccc1)n1cnc2c(=O)[nH]c(-c3ccccc3)nc21. The summed E-state index contributed by atoms with van der Waals surface area (Å²) in [6.45, 7) is 2.15. The molecule has 5 nitrogen and oxygen atoms in total. The molecular formula is C22H22N4O. The van der Waals surface area contributed by atoms with E-state index in [1.54, 1.807) is 6.33 Å². The lowest BCUT2D eigenvalue weighted by Gasteiger charge is -2.14. The molecule has 2 aromatic carbocycles. The van der Waals surface area contributed by atoms with Crippen molar-refractivity contribution in [2.45, 2.75) is 32.2 Å². The van der Waals surface area contributed by atoms with Gasteiger partial charge in [-0.25, -0.2) is 9.97 Å². The maximum Gasteiger partial charge on any atom is 0.279 e. The zero-order valence-corrected chi connectivity index (χ0v) is 15.3. The zero-order chi connectivity index (χ0) is 18.6. The Morgan fingerprint density at radius 1 is 1.04 bits per heavy atom. The smallest absolute Gasteiger partial charge is 0.279 e. The molecule has 0 aliphatic heterocycles. The van der Waals surface area contributed by atoms with Crippen LogP contribution in [0.25, 0.3) is 22.6 Å². The minimum atomic E-state index is -0.200. The molecule has 0 radical (unpaired) electrons. The Morgan fingerprint density at radius 2 is 1.74 bits per heavy atom. The molecule has 1 N–H and O–H groups in total. The van der Waals surface area contributed by atoms with Gasteiger partial charge in [-0.3, -0.25) is 4.79 Å².